The van der Waals surface area contributed by atoms with Crippen molar-refractivity contribution in [1.82, 2.24) is 4.98 Å². The van der Waals surface area contributed by atoms with Crippen LogP contribution in [-0.2, 0) is 6.42 Å². The van der Waals surface area contributed by atoms with E-state index in [0.717, 1.165) is 39.6 Å². The van der Waals surface area contributed by atoms with E-state index >= 15 is 0 Å². The Morgan fingerprint density at radius 1 is 0.944 bits per heavy atom. The third-order valence-corrected chi connectivity index (χ3v) is 6.23. The van der Waals surface area contributed by atoms with Crippen molar-refractivity contribution in [3.8, 4) is 23.0 Å². The molecule has 1 N–H and O–H groups in total. The van der Waals surface area contributed by atoms with Gasteiger partial charge < -0.3 is 28.8 Å². The normalized spacial score (nSPS) is 12.4. The van der Waals surface area contributed by atoms with Gasteiger partial charge in [0.15, 0.2) is 11.5 Å². The lowest BCUT2D eigenvalue weighted by atomic mass is 10.0. The van der Waals surface area contributed by atoms with Gasteiger partial charge in [-0.15, -0.1) is 11.6 Å². The maximum Gasteiger partial charge on any atom is 0.274 e. The number of benzene rings is 3. The quantitative estimate of drug-likeness (QED) is 0.313. The average molecular weight is 511 g/mol. The van der Waals surface area contributed by atoms with Gasteiger partial charge in [-0.3, -0.25) is 4.79 Å². The summed E-state index contributed by atoms with van der Waals surface area (Å²) in [5.41, 5.74) is 3.21. The Bertz CT molecular complexity index is 1410. The van der Waals surface area contributed by atoms with Crippen molar-refractivity contribution in [2.75, 3.05) is 39.2 Å². The van der Waals surface area contributed by atoms with E-state index < -0.39 is 0 Å². The lowest BCUT2D eigenvalue weighted by Crippen LogP contribution is -2.29. The zero-order valence-corrected chi connectivity index (χ0v) is 22.2. The number of nitrogens with zero attached hydrogens (tertiary/aromatic N) is 1. The van der Waals surface area contributed by atoms with E-state index in [1.807, 2.05) is 49.1 Å². The molecular weight excluding hydrogens is 480 g/mol. The number of nitrogens with one attached hydrogen (secondary N) is 1. The van der Waals surface area contributed by atoms with Gasteiger partial charge in [-0.1, -0.05) is 24.3 Å². The highest BCUT2D eigenvalue weighted by atomic mass is 35.5. The number of carbonyl (C=O) groups excluding carboxylic acids is 1. The first kappa shape index (κ1) is 25.5. The van der Waals surface area contributed by atoms with Gasteiger partial charge in [0, 0.05) is 29.8 Å². The number of anilines is 1. The van der Waals surface area contributed by atoms with E-state index in [9.17, 15) is 4.79 Å². The van der Waals surface area contributed by atoms with Crippen LogP contribution in [0.4, 0.5) is 5.69 Å². The molecule has 0 radical (unpaired) electrons. The van der Waals surface area contributed by atoms with Gasteiger partial charge in [-0.25, -0.2) is 0 Å². The molecule has 1 amide bonds. The summed E-state index contributed by atoms with van der Waals surface area (Å²) in [5.74, 6) is 2.19. The summed E-state index contributed by atoms with van der Waals surface area (Å²) in [6.07, 6.45) is 2.28. The minimum Gasteiger partial charge on any atom is -0.493 e. The molecule has 1 aromatic heterocycles. The Morgan fingerprint density at radius 2 is 1.64 bits per heavy atom. The molecule has 0 unspecified atom stereocenters. The molecule has 7 nitrogen and oxygen atoms in total. The molecule has 2 heterocycles. The molecule has 4 aromatic rings. The van der Waals surface area contributed by atoms with E-state index in [1.165, 1.54) is 6.38 Å². The molecule has 3 aromatic carbocycles. The maximum absolute atomic E-state index is 13.7. The number of aromatic nitrogens is 1. The monoisotopic (exact) mass is 510 g/mol. The molecule has 1 aliphatic rings. The molecule has 5 rings (SSSR count). The van der Waals surface area contributed by atoms with Crippen molar-refractivity contribution < 1.29 is 23.7 Å². The van der Waals surface area contributed by atoms with Crippen molar-refractivity contribution in [3.05, 3.63) is 53.7 Å². The molecule has 1 aliphatic heterocycles. The number of amides is 1. The van der Waals surface area contributed by atoms with Crippen LogP contribution >= 0.6 is 11.6 Å². The lowest BCUT2D eigenvalue weighted by molar-refractivity contribution is 0.0985. The van der Waals surface area contributed by atoms with Crippen LogP contribution in [0, 0.1) is 0 Å². The molecule has 0 saturated carbocycles. The minimum absolute atomic E-state index is 0.0261. The summed E-state index contributed by atoms with van der Waals surface area (Å²) in [4.78, 5) is 18.8. The zero-order valence-electron chi connectivity index (χ0n) is 21.4. The largest absolute Gasteiger partial charge is 0.493 e. The Kier molecular flexibility index (Phi) is 7.50. The second kappa shape index (κ2) is 10.6. The summed E-state index contributed by atoms with van der Waals surface area (Å²) in [6, 6.07) is 13.9. The van der Waals surface area contributed by atoms with Gasteiger partial charge in [0.2, 0.25) is 5.75 Å². The Labute approximate surface area is 215 Å². The lowest BCUT2D eigenvalue weighted by Gasteiger charge is -2.20. The van der Waals surface area contributed by atoms with Gasteiger partial charge in [0.05, 0.1) is 38.6 Å². The van der Waals surface area contributed by atoms with E-state index in [4.69, 9.17) is 18.9 Å². The SMILES string of the molecule is CCl.COc1cc2cc(C(=O)N3CCc4c3cc(OC(C)C)c3ccccc43)[nH]c2c(OC)c1OC. The number of fused-ring (bicyclic) bond motifs is 4. The molecule has 36 heavy (non-hydrogen) atoms. The molecule has 0 fully saturated rings. The van der Waals surface area contributed by atoms with Crippen LogP contribution in [0.15, 0.2) is 42.5 Å². The van der Waals surface area contributed by atoms with E-state index in [1.54, 1.807) is 21.3 Å². The van der Waals surface area contributed by atoms with Crippen LogP contribution < -0.4 is 23.8 Å². The maximum atomic E-state index is 13.7. The third-order valence-electron chi connectivity index (χ3n) is 6.23. The molecule has 190 valence electrons. The number of ether oxygens (including phenoxy) is 4. The van der Waals surface area contributed by atoms with E-state index in [0.29, 0.717) is 35.0 Å². The van der Waals surface area contributed by atoms with Gasteiger partial charge in [0.25, 0.3) is 5.91 Å². The highest BCUT2D eigenvalue weighted by molar-refractivity contribution is 6.15. The standard InChI is InChI=1S/C27H28N2O5.CH3Cl/c1-15(2)34-22-14-21-18(17-8-6-7-9-19(17)22)10-11-29(21)27(30)20-12-16-13-23(31-3)25(32-4)26(33-5)24(16)28-20;1-2/h6-9,12-15,28H,10-11H2,1-5H3;1H3. The molecule has 0 bridgehead atoms. The number of carbonyl (C=O) groups is 1. The van der Waals surface area contributed by atoms with Gasteiger partial charge >= 0.3 is 0 Å². The van der Waals surface area contributed by atoms with Crippen molar-refractivity contribution in [2.24, 2.45) is 0 Å². The van der Waals surface area contributed by atoms with E-state index in [-0.39, 0.29) is 12.0 Å². The predicted octanol–water partition coefficient (Wildman–Crippen LogP) is 6.19. The van der Waals surface area contributed by atoms with Gasteiger partial charge in [-0.2, -0.15) is 0 Å². The van der Waals surface area contributed by atoms with Gasteiger partial charge in [0.1, 0.15) is 11.4 Å². The molecular formula is C28H31ClN2O5. The summed E-state index contributed by atoms with van der Waals surface area (Å²) in [6.45, 7) is 4.61. The smallest absolute Gasteiger partial charge is 0.274 e. The Balaban J connectivity index is 0.00000148. The minimum atomic E-state index is -0.110. The number of alkyl halides is 1. The van der Waals surface area contributed by atoms with Crippen molar-refractivity contribution >= 4 is 44.9 Å². The summed E-state index contributed by atoms with van der Waals surface area (Å²) < 4.78 is 22.7. The summed E-state index contributed by atoms with van der Waals surface area (Å²) >= 11 is 4.64. The highest BCUT2D eigenvalue weighted by Crippen LogP contribution is 2.44. The van der Waals surface area contributed by atoms with Gasteiger partial charge in [-0.05, 0) is 43.4 Å². The first-order valence-corrected chi connectivity index (χ1v) is 12.4. The third kappa shape index (κ3) is 4.28. The Hall–Kier alpha value is -3.58. The van der Waals surface area contributed by atoms with Crippen LogP contribution in [0.2, 0.25) is 0 Å². The van der Waals surface area contributed by atoms with Crippen LogP contribution in [0.25, 0.3) is 21.7 Å². The molecule has 8 heteroatoms. The predicted molar refractivity (Wildman–Crippen MR) is 145 cm³/mol. The van der Waals surface area contributed by atoms with Crippen LogP contribution in [0.5, 0.6) is 23.0 Å². The number of hydrogen-bond donors (Lipinski definition) is 1. The van der Waals surface area contributed by atoms with Crippen molar-refractivity contribution in [3.63, 3.8) is 0 Å². The zero-order chi connectivity index (χ0) is 26.0. The fourth-order valence-corrected chi connectivity index (χ4v) is 4.80. The fraction of sp³-hybridized carbons (Fsp3) is 0.321. The van der Waals surface area contributed by atoms with Crippen molar-refractivity contribution in [1.29, 1.82) is 0 Å². The Morgan fingerprint density at radius 3 is 2.28 bits per heavy atom. The number of rotatable bonds is 6. The number of methoxy groups -OCH3 is 3. The van der Waals surface area contributed by atoms with Crippen LogP contribution in [-0.4, -0.2) is 51.3 Å². The molecule has 0 spiro atoms. The molecule has 0 saturated heterocycles. The first-order chi connectivity index (χ1) is 17.5. The fourth-order valence-electron chi connectivity index (χ4n) is 4.80. The number of H-pyrrole nitrogens is 1. The summed E-state index contributed by atoms with van der Waals surface area (Å²) in [5, 5.41) is 3.00. The highest BCUT2D eigenvalue weighted by Gasteiger charge is 2.30. The second-order valence-corrected chi connectivity index (χ2v) is 8.58. The van der Waals surface area contributed by atoms with Crippen molar-refractivity contribution in [2.45, 2.75) is 26.4 Å². The van der Waals surface area contributed by atoms with E-state index in [2.05, 4.69) is 28.7 Å². The van der Waals surface area contributed by atoms with Crippen LogP contribution in [0.1, 0.15) is 29.9 Å². The number of hydrogen-bond acceptors (Lipinski definition) is 5. The second-order valence-electron chi connectivity index (χ2n) is 8.58. The van der Waals surface area contributed by atoms with Crippen LogP contribution in [0.3, 0.4) is 0 Å². The molecule has 0 atom stereocenters. The topological polar surface area (TPSA) is 73.0 Å². The molecule has 0 aliphatic carbocycles. The number of aromatic amines is 1. The average Bonchev–Trinajstić information content (AvgIpc) is 3.52. The first-order valence-electron chi connectivity index (χ1n) is 11.7. The number of halogens is 1. The summed E-state index contributed by atoms with van der Waals surface area (Å²) in [7, 11) is 4.70.